The van der Waals surface area contributed by atoms with Crippen LogP contribution in [0.2, 0.25) is 0 Å². The standard InChI is InChI=1S/C28H21N3O/c32-27(21-12-5-2-6-13-21)26-24(18-17-20-10-3-1-4-11-20)31-23-15-8-7-14-22(23)29-28(31)25-16-9-19-30(25)26/h1-19,24,26H/b18-17+/t24-,26+/m1/s1. The number of imidazole rings is 1. The van der Waals surface area contributed by atoms with Crippen LogP contribution in [0.5, 0.6) is 0 Å². The van der Waals surface area contributed by atoms with Crippen LogP contribution in [-0.4, -0.2) is 19.9 Å². The summed E-state index contributed by atoms with van der Waals surface area (Å²) in [6.45, 7) is 0. The number of hydrogen-bond donors (Lipinski definition) is 0. The molecule has 0 spiro atoms. The largest absolute Gasteiger partial charge is 0.332 e. The highest BCUT2D eigenvalue weighted by molar-refractivity contribution is 6.00. The van der Waals surface area contributed by atoms with E-state index in [9.17, 15) is 4.79 Å². The van der Waals surface area contributed by atoms with Crippen LogP contribution in [0.25, 0.3) is 28.6 Å². The average Bonchev–Trinajstić information content (AvgIpc) is 3.48. The van der Waals surface area contributed by atoms with Gasteiger partial charge in [-0.2, -0.15) is 0 Å². The number of carbonyl (C=O) groups excluding carboxylic acids is 1. The first-order valence-corrected chi connectivity index (χ1v) is 10.8. The highest BCUT2D eigenvalue weighted by Gasteiger charge is 2.38. The van der Waals surface area contributed by atoms with Crippen molar-refractivity contribution in [2.45, 2.75) is 12.1 Å². The predicted molar refractivity (Wildman–Crippen MR) is 127 cm³/mol. The summed E-state index contributed by atoms with van der Waals surface area (Å²) >= 11 is 0. The monoisotopic (exact) mass is 415 g/mol. The van der Waals surface area contributed by atoms with Gasteiger partial charge in [0.05, 0.1) is 22.8 Å². The number of para-hydroxylation sites is 2. The molecule has 0 N–H and O–H groups in total. The highest BCUT2D eigenvalue weighted by Crippen LogP contribution is 2.42. The lowest BCUT2D eigenvalue weighted by Gasteiger charge is -2.34. The minimum atomic E-state index is -0.410. The Hall–Kier alpha value is -4.18. The summed E-state index contributed by atoms with van der Waals surface area (Å²) in [7, 11) is 0. The van der Waals surface area contributed by atoms with E-state index in [1.54, 1.807) is 0 Å². The molecule has 0 bridgehead atoms. The summed E-state index contributed by atoms with van der Waals surface area (Å²) in [5.74, 6) is 0.977. The second-order valence-electron chi connectivity index (χ2n) is 8.03. The molecule has 0 amide bonds. The summed E-state index contributed by atoms with van der Waals surface area (Å²) in [6.07, 6.45) is 6.23. The molecule has 2 atom stereocenters. The van der Waals surface area contributed by atoms with Crippen LogP contribution >= 0.6 is 0 Å². The molecule has 0 radical (unpaired) electrons. The van der Waals surface area contributed by atoms with Crippen molar-refractivity contribution in [2.24, 2.45) is 0 Å². The molecule has 5 aromatic rings. The number of aromatic nitrogens is 3. The van der Waals surface area contributed by atoms with E-state index in [0.29, 0.717) is 5.56 Å². The van der Waals surface area contributed by atoms with E-state index >= 15 is 0 Å². The molecule has 0 unspecified atom stereocenters. The van der Waals surface area contributed by atoms with Gasteiger partial charge in [-0.15, -0.1) is 0 Å². The van der Waals surface area contributed by atoms with Crippen LogP contribution in [0.1, 0.15) is 28.0 Å². The lowest BCUT2D eigenvalue weighted by atomic mass is 9.94. The van der Waals surface area contributed by atoms with Crippen molar-refractivity contribution in [3.05, 3.63) is 120 Å². The number of fused-ring (bicyclic) bond motifs is 5. The minimum Gasteiger partial charge on any atom is -0.332 e. The third-order valence-corrected chi connectivity index (χ3v) is 6.14. The fourth-order valence-electron chi connectivity index (χ4n) is 4.68. The summed E-state index contributed by atoms with van der Waals surface area (Å²) in [4.78, 5) is 18.8. The first kappa shape index (κ1) is 18.6. The van der Waals surface area contributed by atoms with Crippen molar-refractivity contribution in [1.82, 2.24) is 14.1 Å². The molecule has 0 aliphatic carbocycles. The molecule has 1 aliphatic heterocycles. The van der Waals surface area contributed by atoms with E-state index in [1.807, 2.05) is 85.1 Å². The molecule has 4 nitrogen and oxygen atoms in total. The summed E-state index contributed by atoms with van der Waals surface area (Å²) in [6, 6.07) is 31.3. The summed E-state index contributed by atoms with van der Waals surface area (Å²) in [5.41, 5.74) is 4.73. The van der Waals surface area contributed by atoms with Gasteiger partial charge in [-0.3, -0.25) is 4.79 Å². The third kappa shape index (κ3) is 2.92. The molecule has 2 aromatic heterocycles. The van der Waals surface area contributed by atoms with Crippen LogP contribution in [0.4, 0.5) is 0 Å². The maximum atomic E-state index is 13.9. The zero-order valence-electron chi connectivity index (χ0n) is 17.4. The van der Waals surface area contributed by atoms with Gasteiger partial charge in [-0.05, 0) is 29.8 Å². The van der Waals surface area contributed by atoms with Gasteiger partial charge in [0.1, 0.15) is 6.04 Å². The van der Waals surface area contributed by atoms with E-state index < -0.39 is 6.04 Å². The molecule has 1 aliphatic rings. The maximum absolute atomic E-state index is 13.9. The zero-order chi connectivity index (χ0) is 21.5. The second kappa shape index (κ2) is 7.50. The van der Waals surface area contributed by atoms with Crippen molar-refractivity contribution in [3.8, 4) is 11.5 Å². The summed E-state index contributed by atoms with van der Waals surface area (Å²) < 4.78 is 4.30. The Labute approximate surface area is 186 Å². The van der Waals surface area contributed by atoms with Gasteiger partial charge in [0.25, 0.3) is 0 Å². The number of benzene rings is 3. The van der Waals surface area contributed by atoms with Gasteiger partial charge < -0.3 is 9.13 Å². The number of rotatable bonds is 4. The average molecular weight is 415 g/mol. The fourth-order valence-corrected chi connectivity index (χ4v) is 4.68. The van der Waals surface area contributed by atoms with Crippen LogP contribution in [0.3, 0.4) is 0 Å². The van der Waals surface area contributed by atoms with Crippen LogP contribution in [0.15, 0.2) is 109 Å². The topological polar surface area (TPSA) is 39.8 Å². The van der Waals surface area contributed by atoms with Crippen LogP contribution in [-0.2, 0) is 0 Å². The SMILES string of the molecule is O=C(c1ccccc1)[C@@H]1[C@@H](/C=C/c2ccccc2)n2c(nc3ccccc32)-c2cccn21. The predicted octanol–water partition coefficient (Wildman–Crippen LogP) is 6.20. The number of allylic oxidation sites excluding steroid dienone is 1. The van der Waals surface area contributed by atoms with Gasteiger partial charge >= 0.3 is 0 Å². The van der Waals surface area contributed by atoms with E-state index in [0.717, 1.165) is 28.1 Å². The normalized spacial score (nSPS) is 17.4. The van der Waals surface area contributed by atoms with Crippen molar-refractivity contribution < 1.29 is 4.79 Å². The Morgan fingerprint density at radius 1 is 0.812 bits per heavy atom. The highest BCUT2D eigenvalue weighted by atomic mass is 16.1. The molecule has 4 heteroatoms. The lowest BCUT2D eigenvalue weighted by molar-refractivity contribution is 0.0898. The number of nitrogens with zero attached hydrogens (tertiary/aromatic N) is 3. The molecular formula is C28H21N3O. The van der Waals surface area contributed by atoms with Gasteiger partial charge in [-0.1, -0.05) is 84.9 Å². The first-order chi connectivity index (χ1) is 15.8. The van der Waals surface area contributed by atoms with Gasteiger partial charge in [-0.25, -0.2) is 4.98 Å². The Kier molecular flexibility index (Phi) is 4.36. The van der Waals surface area contributed by atoms with Gasteiger partial charge in [0.2, 0.25) is 0 Å². The molecule has 3 heterocycles. The fraction of sp³-hybridized carbons (Fsp3) is 0.0714. The number of hydrogen-bond acceptors (Lipinski definition) is 2. The van der Waals surface area contributed by atoms with Crippen molar-refractivity contribution >= 4 is 22.9 Å². The quantitative estimate of drug-likeness (QED) is 0.328. The molecule has 32 heavy (non-hydrogen) atoms. The molecule has 6 rings (SSSR count). The molecule has 3 aromatic carbocycles. The second-order valence-corrected chi connectivity index (χ2v) is 8.03. The Morgan fingerprint density at radius 3 is 2.34 bits per heavy atom. The van der Waals surface area contributed by atoms with Gasteiger partial charge in [0.15, 0.2) is 11.6 Å². The number of ketones is 1. The first-order valence-electron chi connectivity index (χ1n) is 10.8. The van der Waals surface area contributed by atoms with Crippen molar-refractivity contribution in [3.63, 3.8) is 0 Å². The third-order valence-electron chi connectivity index (χ3n) is 6.14. The molecule has 0 fully saturated rings. The van der Waals surface area contributed by atoms with Crippen molar-refractivity contribution in [2.75, 3.05) is 0 Å². The van der Waals surface area contributed by atoms with E-state index in [4.69, 9.17) is 4.98 Å². The van der Waals surface area contributed by atoms with E-state index in [1.165, 1.54) is 0 Å². The van der Waals surface area contributed by atoms with Crippen molar-refractivity contribution in [1.29, 1.82) is 0 Å². The minimum absolute atomic E-state index is 0.0918. The van der Waals surface area contributed by atoms with Gasteiger partial charge in [0, 0.05) is 11.8 Å². The molecule has 0 saturated heterocycles. The zero-order valence-corrected chi connectivity index (χ0v) is 17.4. The Bertz CT molecular complexity index is 1440. The maximum Gasteiger partial charge on any atom is 0.188 e. The number of carbonyl (C=O) groups is 1. The van der Waals surface area contributed by atoms with E-state index in [2.05, 4.69) is 39.5 Å². The van der Waals surface area contributed by atoms with Crippen LogP contribution in [0, 0.1) is 0 Å². The smallest absolute Gasteiger partial charge is 0.188 e. The molecule has 154 valence electrons. The lowest BCUT2D eigenvalue weighted by Crippen LogP contribution is -2.33. The van der Waals surface area contributed by atoms with E-state index in [-0.39, 0.29) is 11.8 Å². The molecular weight excluding hydrogens is 394 g/mol. The Morgan fingerprint density at radius 2 is 1.53 bits per heavy atom. The summed E-state index contributed by atoms with van der Waals surface area (Å²) in [5, 5.41) is 0. The Balaban J connectivity index is 1.58. The number of Topliss-reactive ketones (excluding diaryl/α,β-unsaturated/α-hetero) is 1. The molecule has 0 saturated carbocycles. The van der Waals surface area contributed by atoms with Crippen LogP contribution < -0.4 is 0 Å².